The van der Waals surface area contributed by atoms with Gasteiger partial charge in [0.1, 0.15) is 17.2 Å². The molecule has 0 aromatic heterocycles. The number of nitrogens with one attached hydrogen (secondary N) is 1. The van der Waals surface area contributed by atoms with Gasteiger partial charge in [0.05, 0.1) is 32.7 Å². The minimum atomic E-state index is 0.745. The third-order valence-electron chi connectivity index (χ3n) is 3.09. The van der Waals surface area contributed by atoms with Crippen molar-refractivity contribution in [3.8, 4) is 17.2 Å². The maximum absolute atomic E-state index is 5.44. The predicted molar refractivity (Wildman–Crippen MR) is 80.6 cm³/mol. The number of methoxy groups -OCH3 is 3. The molecule has 2 rings (SSSR count). The van der Waals surface area contributed by atoms with Crippen molar-refractivity contribution in [2.75, 3.05) is 26.6 Å². The molecule has 0 spiro atoms. The first-order valence-electron chi connectivity index (χ1n) is 6.32. The van der Waals surface area contributed by atoms with E-state index in [-0.39, 0.29) is 0 Å². The first kappa shape index (κ1) is 14.1. The highest BCUT2D eigenvalue weighted by atomic mass is 16.5. The van der Waals surface area contributed by atoms with Crippen LogP contribution in [0.25, 0.3) is 0 Å². The van der Waals surface area contributed by atoms with E-state index in [0.29, 0.717) is 0 Å². The Morgan fingerprint density at radius 2 is 1.65 bits per heavy atom. The average molecular weight is 273 g/mol. The lowest BCUT2D eigenvalue weighted by Gasteiger charge is -2.16. The van der Waals surface area contributed by atoms with Crippen LogP contribution < -0.4 is 19.5 Å². The SMILES string of the molecule is COc1ccc(OC)c(Nc2cccc(C)c2OC)c1. The van der Waals surface area contributed by atoms with Crippen molar-refractivity contribution in [2.24, 2.45) is 0 Å². The van der Waals surface area contributed by atoms with E-state index in [0.717, 1.165) is 34.2 Å². The highest BCUT2D eigenvalue weighted by Gasteiger charge is 2.10. The molecule has 0 atom stereocenters. The molecule has 20 heavy (non-hydrogen) atoms. The largest absolute Gasteiger partial charge is 0.497 e. The number of rotatable bonds is 5. The topological polar surface area (TPSA) is 39.7 Å². The lowest BCUT2D eigenvalue weighted by atomic mass is 10.2. The Labute approximate surface area is 119 Å². The highest BCUT2D eigenvalue weighted by Crippen LogP contribution is 2.36. The third kappa shape index (κ3) is 2.79. The van der Waals surface area contributed by atoms with E-state index in [9.17, 15) is 0 Å². The number of hydrogen-bond donors (Lipinski definition) is 1. The minimum Gasteiger partial charge on any atom is -0.497 e. The fourth-order valence-corrected chi connectivity index (χ4v) is 2.08. The summed E-state index contributed by atoms with van der Waals surface area (Å²) in [6.45, 7) is 2.01. The molecule has 2 aromatic rings. The second-order valence-electron chi connectivity index (χ2n) is 4.35. The maximum Gasteiger partial charge on any atom is 0.145 e. The van der Waals surface area contributed by atoms with Crippen LogP contribution >= 0.6 is 0 Å². The summed E-state index contributed by atoms with van der Waals surface area (Å²) < 4.78 is 16.1. The molecule has 0 aliphatic rings. The molecular formula is C16H19NO3. The van der Waals surface area contributed by atoms with Crippen LogP contribution in [-0.4, -0.2) is 21.3 Å². The van der Waals surface area contributed by atoms with Crippen LogP contribution in [0.5, 0.6) is 17.2 Å². The second-order valence-corrected chi connectivity index (χ2v) is 4.35. The van der Waals surface area contributed by atoms with Gasteiger partial charge in [-0.05, 0) is 30.7 Å². The van der Waals surface area contributed by atoms with Gasteiger partial charge >= 0.3 is 0 Å². The summed E-state index contributed by atoms with van der Waals surface area (Å²) in [5.74, 6) is 2.33. The van der Waals surface area contributed by atoms with E-state index in [2.05, 4.69) is 5.32 Å². The summed E-state index contributed by atoms with van der Waals surface area (Å²) >= 11 is 0. The van der Waals surface area contributed by atoms with E-state index in [1.165, 1.54) is 0 Å². The lowest BCUT2D eigenvalue weighted by Crippen LogP contribution is -1.99. The van der Waals surface area contributed by atoms with Crippen molar-refractivity contribution >= 4 is 11.4 Å². The molecule has 0 bridgehead atoms. The molecule has 0 fully saturated rings. The van der Waals surface area contributed by atoms with Crippen LogP contribution in [0.1, 0.15) is 5.56 Å². The van der Waals surface area contributed by atoms with Crippen LogP contribution in [0.2, 0.25) is 0 Å². The van der Waals surface area contributed by atoms with Crippen LogP contribution in [0, 0.1) is 6.92 Å². The number of aryl methyl sites for hydroxylation is 1. The van der Waals surface area contributed by atoms with Crippen molar-refractivity contribution < 1.29 is 14.2 Å². The zero-order chi connectivity index (χ0) is 14.5. The van der Waals surface area contributed by atoms with Crippen molar-refractivity contribution in [1.82, 2.24) is 0 Å². The molecule has 0 saturated carbocycles. The molecule has 0 unspecified atom stereocenters. The van der Waals surface area contributed by atoms with Crippen LogP contribution in [-0.2, 0) is 0 Å². The molecule has 2 aromatic carbocycles. The number of hydrogen-bond acceptors (Lipinski definition) is 4. The Kier molecular flexibility index (Phi) is 4.35. The summed E-state index contributed by atoms with van der Waals surface area (Å²) in [5, 5.41) is 3.33. The quantitative estimate of drug-likeness (QED) is 0.900. The Bertz CT molecular complexity index is 596. The number of para-hydroxylation sites is 1. The first-order chi connectivity index (χ1) is 9.69. The summed E-state index contributed by atoms with van der Waals surface area (Å²) in [6.07, 6.45) is 0. The second kappa shape index (κ2) is 6.19. The molecule has 0 saturated heterocycles. The summed E-state index contributed by atoms with van der Waals surface area (Å²) in [5.41, 5.74) is 2.79. The summed E-state index contributed by atoms with van der Waals surface area (Å²) in [6, 6.07) is 11.6. The van der Waals surface area contributed by atoms with Gasteiger partial charge in [-0.1, -0.05) is 12.1 Å². The Hall–Kier alpha value is -2.36. The molecule has 0 aliphatic carbocycles. The molecule has 0 heterocycles. The van der Waals surface area contributed by atoms with Gasteiger partial charge in [0, 0.05) is 6.07 Å². The normalized spacial score (nSPS) is 10.0. The third-order valence-corrected chi connectivity index (χ3v) is 3.09. The molecule has 106 valence electrons. The van der Waals surface area contributed by atoms with Crippen LogP contribution in [0.3, 0.4) is 0 Å². The fourth-order valence-electron chi connectivity index (χ4n) is 2.08. The standard InChI is InChI=1S/C16H19NO3/c1-11-6-5-7-13(16(11)20-4)17-14-10-12(18-2)8-9-15(14)19-3/h5-10,17H,1-4H3. The van der Waals surface area contributed by atoms with E-state index in [4.69, 9.17) is 14.2 Å². The van der Waals surface area contributed by atoms with Gasteiger partial charge < -0.3 is 19.5 Å². The van der Waals surface area contributed by atoms with Gasteiger partial charge in [-0.15, -0.1) is 0 Å². The zero-order valence-electron chi connectivity index (χ0n) is 12.2. The van der Waals surface area contributed by atoms with E-state index >= 15 is 0 Å². The number of anilines is 2. The Balaban J connectivity index is 2.41. The van der Waals surface area contributed by atoms with Gasteiger partial charge in [0.2, 0.25) is 0 Å². The summed E-state index contributed by atoms with van der Waals surface area (Å²) in [7, 11) is 4.94. The molecular weight excluding hydrogens is 254 g/mol. The molecule has 0 aliphatic heterocycles. The van der Waals surface area contributed by atoms with E-state index in [1.54, 1.807) is 21.3 Å². The lowest BCUT2D eigenvalue weighted by molar-refractivity contribution is 0.404. The van der Waals surface area contributed by atoms with Gasteiger partial charge in [0.15, 0.2) is 0 Å². The van der Waals surface area contributed by atoms with E-state index in [1.807, 2.05) is 43.3 Å². The number of benzene rings is 2. The number of ether oxygens (including phenoxy) is 3. The van der Waals surface area contributed by atoms with Crippen molar-refractivity contribution in [3.05, 3.63) is 42.0 Å². The van der Waals surface area contributed by atoms with Gasteiger partial charge in [-0.25, -0.2) is 0 Å². The van der Waals surface area contributed by atoms with Crippen LogP contribution in [0.4, 0.5) is 11.4 Å². The molecule has 0 amide bonds. The fraction of sp³-hybridized carbons (Fsp3) is 0.250. The zero-order valence-corrected chi connectivity index (χ0v) is 12.2. The van der Waals surface area contributed by atoms with Gasteiger partial charge in [-0.2, -0.15) is 0 Å². The first-order valence-corrected chi connectivity index (χ1v) is 6.32. The smallest absolute Gasteiger partial charge is 0.145 e. The van der Waals surface area contributed by atoms with Crippen LogP contribution in [0.15, 0.2) is 36.4 Å². The molecule has 1 N–H and O–H groups in total. The molecule has 0 radical (unpaired) electrons. The molecule has 4 heteroatoms. The van der Waals surface area contributed by atoms with Crippen molar-refractivity contribution in [1.29, 1.82) is 0 Å². The Morgan fingerprint density at radius 3 is 2.30 bits per heavy atom. The maximum atomic E-state index is 5.44. The van der Waals surface area contributed by atoms with Crippen molar-refractivity contribution in [3.63, 3.8) is 0 Å². The average Bonchev–Trinajstić information content (AvgIpc) is 2.47. The Morgan fingerprint density at radius 1 is 0.850 bits per heavy atom. The monoisotopic (exact) mass is 273 g/mol. The highest BCUT2D eigenvalue weighted by molar-refractivity contribution is 5.73. The minimum absolute atomic E-state index is 0.745. The molecule has 4 nitrogen and oxygen atoms in total. The summed E-state index contributed by atoms with van der Waals surface area (Å²) in [4.78, 5) is 0. The van der Waals surface area contributed by atoms with Gasteiger partial charge in [0.25, 0.3) is 0 Å². The predicted octanol–water partition coefficient (Wildman–Crippen LogP) is 3.76. The van der Waals surface area contributed by atoms with E-state index < -0.39 is 0 Å². The van der Waals surface area contributed by atoms with Crippen molar-refractivity contribution in [2.45, 2.75) is 6.92 Å². The van der Waals surface area contributed by atoms with Gasteiger partial charge in [-0.3, -0.25) is 0 Å².